The molecule has 0 saturated carbocycles. The summed E-state index contributed by atoms with van der Waals surface area (Å²) in [6.45, 7) is 10.3. The van der Waals surface area contributed by atoms with Gasteiger partial charge in [0.05, 0.1) is 6.54 Å². The molecule has 19 heavy (non-hydrogen) atoms. The zero-order chi connectivity index (χ0) is 14.0. The molecule has 0 aromatic heterocycles. The zero-order valence-corrected chi connectivity index (χ0v) is 12.6. The van der Waals surface area contributed by atoms with Crippen molar-refractivity contribution >= 4 is 5.78 Å². The van der Waals surface area contributed by atoms with E-state index in [1.54, 1.807) is 0 Å². The minimum Gasteiger partial charge on any atom is -0.293 e. The Kier molecular flexibility index (Phi) is 4.41. The molecule has 2 heteroatoms. The summed E-state index contributed by atoms with van der Waals surface area (Å²) in [5.74, 6) is 0.949. The van der Waals surface area contributed by atoms with Crippen LogP contribution in [0.3, 0.4) is 0 Å². The van der Waals surface area contributed by atoms with E-state index in [2.05, 4.69) is 32.6 Å². The van der Waals surface area contributed by atoms with E-state index in [4.69, 9.17) is 0 Å². The number of carbonyl (C=O) groups is 1. The summed E-state index contributed by atoms with van der Waals surface area (Å²) in [7, 11) is 0. The average Bonchev–Trinajstić information content (AvgIpc) is 2.38. The number of nitrogens with zero attached hydrogens (tertiary/aromatic N) is 1. The standard InChI is InChI=1S/C17H25NO/c1-12-7-8-16(10-14(12)3)17(19)11-18-9-5-6-13(2)15(18)4/h7-8,10,13,15H,5-6,9,11H2,1-4H3. The van der Waals surface area contributed by atoms with E-state index in [-0.39, 0.29) is 5.78 Å². The minimum absolute atomic E-state index is 0.254. The number of hydrogen-bond donors (Lipinski definition) is 0. The van der Waals surface area contributed by atoms with Gasteiger partial charge in [0.15, 0.2) is 5.78 Å². The molecule has 0 spiro atoms. The predicted octanol–water partition coefficient (Wildman–Crippen LogP) is 3.61. The molecule has 1 aromatic rings. The molecule has 2 rings (SSSR count). The van der Waals surface area contributed by atoms with Gasteiger partial charge in [0.1, 0.15) is 0 Å². The molecule has 0 aliphatic carbocycles. The van der Waals surface area contributed by atoms with Crippen LogP contribution in [0.4, 0.5) is 0 Å². The molecule has 2 atom stereocenters. The minimum atomic E-state index is 0.254. The Morgan fingerprint density at radius 3 is 2.68 bits per heavy atom. The number of hydrogen-bond acceptors (Lipinski definition) is 2. The highest BCUT2D eigenvalue weighted by Crippen LogP contribution is 2.23. The summed E-state index contributed by atoms with van der Waals surface area (Å²) in [5.41, 5.74) is 3.30. The lowest BCUT2D eigenvalue weighted by Gasteiger charge is -2.37. The summed E-state index contributed by atoms with van der Waals surface area (Å²) < 4.78 is 0. The highest BCUT2D eigenvalue weighted by atomic mass is 16.1. The molecule has 2 nitrogen and oxygen atoms in total. The molecule has 1 fully saturated rings. The second-order valence-corrected chi connectivity index (χ2v) is 6.05. The first-order chi connectivity index (χ1) is 8.99. The van der Waals surface area contributed by atoms with Crippen molar-refractivity contribution in [2.24, 2.45) is 5.92 Å². The summed E-state index contributed by atoms with van der Waals surface area (Å²) in [6, 6.07) is 6.55. The lowest BCUT2D eigenvalue weighted by molar-refractivity contribution is 0.0779. The van der Waals surface area contributed by atoms with Crippen molar-refractivity contribution in [3.05, 3.63) is 34.9 Å². The number of benzene rings is 1. The van der Waals surface area contributed by atoms with E-state index in [1.807, 2.05) is 18.2 Å². The predicted molar refractivity (Wildman–Crippen MR) is 79.7 cm³/mol. The largest absolute Gasteiger partial charge is 0.293 e. The summed E-state index contributed by atoms with van der Waals surface area (Å²) in [6.07, 6.45) is 2.50. The highest BCUT2D eigenvalue weighted by Gasteiger charge is 2.26. The van der Waals surface area contributed by atoms with E-state index in [0.717, 1.165) is 12.1 Å². The van der Waals surface area contributed by atoms with Crippen LogP contribution in [0.15, 0.2) is 18.2 Å². The molecule has 0 bridgehead atoms. The third kappa shape index (κ3) is 3.24. The smallest absolute Gasteiger partial charge is 0.176 e. The van der Waals surface area contributed by atoms with E-state index in [1.165, 1.54) is 24.0 Å². The number of carbonyl (C=O) groups excluding carboxylic acids is 1. The summed E-state index contributed by atoms with van der Waals surface area (Å²) in [4.78, 5) is 14.7. The fraction of sp³-hybridized carbons (Fsp3) is 0.588. The molecule has 0 radical (unpaired) electrons. The monoisotopic (exact) mass is 259 g/mol. The fourth-order valence-corrected chi connectivity index (χ4v) is 2.83. The van der Waals surface area contributed by atoms with Gasteiger partial charge in [0.2, 0.25) is 0 Å². The van der Waals surface area contributed by atoms with Crippen LogP contribution >= 0.6 is 0 Å². The molecular weight excluding hydrogens is 234 g/mol. The highest BCUT2D eigenvalue weighted by molar-refractivity contribution is 5.97. The normalized spacial score (nSPS) is 24.4. The van der Waals surface area contributed by atoms with Crippen molar-refractivity contribution in [1.82, 2.24) is 4.90 Å². The molecule has 104 valence electrons. The third-order valence-electron chi connectivity index (χ3n) is 4.68. The van der Waals surface area contributed by atoms with Crippen LogP contribution in [-0.4, -0.2) is 29.8 Å². The maximum absolute atomic E-state index is 12.4. The van der Waals surface area contributed by atoms with E-state index in [9.17, 15) is 4.79 Å². The Bertz CT molecular complexity index is 466. The summed E-state index contributed by atoms with van der Waals surface area (Å²) >= 11 is 0. The van der Waals surface area contributed by atoms with Gasteiger partial charge >= 0.3 is 0 Å². The van der Waals surface area contributed by atoms with Crippen LogP contribution in [0.2, 0.25) is 0 Å². The average molecular weight is 259 g/mol. The number of likely N-dealkylation sites (tertiary alicyclic amines) is 1. The van der Waals surface area contributed by atoms with Gasteiger partial charge in [0, 0.05) is 11.6 Å². The maximum Gasteiger partial charge on any atom is 0.176 e. The lowest BCUT2D eigenvalue weighted by atomic mass is 9.91. The summed E-state index contributed by atoms with van der Waals surface area (Å²) in [5, 5.41) is 0. The number of Topliss-reactive ketones (excluding diaryl/α,β-unsaturated/α-hetero) is 1. The van der Waals surface area contributed by atoms with Crippen molar-refractivity contribution in [2.75, 3.05) is 13.1 Å². The van der Waals surface area contributed by atoms with Crippen molar-refractivity contribution < 1.29 is 4.79 Å². The zero-order valence-electron chi connectivity index (χ0n) is 12.6. The van der Waals surface area contributed by atoms with Gasteiger partial charge in [-0.05, 0) is 63.3 Å². The van der Waals surface area contributed by atoms with Gasteiger partial charge in [0.25, 0.3) is 0 Å². The van der Waals surface area contributed by atoms with Gasteiger partial charge in [-0.2, -0.15) is 0 Å². The molecular formula is C17H25NO. The topological polar surface area (TPSA) is 20.3 Å². The molecule has 2 unspecified atom stereocenters. The van der Waals surface area contributed by atoms with Gasteiger partial charge in [-0.1, -0.05) is 19.1 Å². The maximum atomic E-state index is 12.4. The number of piperidine rings is 1. The molecule has 1 heterocycles. The molecule has 1 aliphatic heterocycles. The first kappa shape index (κ1) is 14.3. The van der Waals surface area contributed by atoms with Crippen molar-refractivity contribution in [3.8, 4) is 0 Å². The van der Waals surface area contributed by atoms with Gasteiger partial charge < -0.3 is 0 Å². The van der Waals surface area contributed by atoms with Crippen LogP contribution in [0, 0.1) is 19.8 Å². The van der Waals surface area contributed by atoms with E-state index >= 15 is 0 Å². The van der Waals surface area contributed by atoms with Gasteiger partial charge in [-0.15, -0.1) is 0 Å². The van der Waals surface area contributed by atoms with Crippen LogP contribution in [0.1, 0.15) is 48.2 Å². The SMILES string of the molecule is Cc1ccc(C(=O)CN2CCCC(C)C2C)cc1C. The Morgan fingerprint density at radius 2 is 2.00 bits per heavy atom. The third-order valence-corrected chi connectivity index (χ3v) is 4.68. The van der Waals surface area contributed by atoms with Crippen LogP contribution in [0.25, 0.3) is 0 Å². The van der Waals surface area contributed by atoms with Gasteiger partial charge in [-0.3, -0.25) is 9.69 Å². The second kappa shape index (κ2) is 5.87. The first-order valence-corrected chi connectivity index (χ1v) is 7.33. The number of rotatable bonds is 3. The molecule has 1 saturated heterocycles. The quantitative estimate of drug-likeness (QED) is 0.773. The Morgan fingerprint density at radius 1 is 1.26 bits per heavy atom. The fourth-order valence-electron chi connectivity index (χ4n) is 2.83. The lowest BCUT2D eigenvalue weighted by Crippen LogP contribution is -2.44. The molecule has 0 N–H and O–H groups in total. The van der Waals surface area contributed by atoms with Crippen molar-refractivity contribution in [1.29, 1.82) is 0 Å². The van der Waals surface area contributed by atoms with Crippen LogP contribution in [0.5, 0.6) is 0 Å². The molecule has 1 aliphatic rings. The van der Waals surface area contributed by atoms with Crippen LogP contribution < -0.4 is 0 Å². The Labute approximate surface area is 116 Å². The first-order valence-electron chi connectivity index (χ1n) is 7.33. The second-order valence-electron chi connectivity index (χ2n) is 6.05. The Hall–Kier alpha value is -1.15. The van der Waals surface area contributed by atoms with E-state index < -0.39 is 0 Å². The van der Waals surface area contributed by atoms with Crippen molar-refractivity contribution in [3.63, 3.8) is 0 Å². The van der Waals surface area contributed by atoms with Crippen molar-refractivity contribution in [2.45, 2.75) is 46.6 Å². The number of aryl methyl sites for hydroxylation is 2. The molecule has 1 aromatic carbocycles. The van der Waals surface area contributed by atoms with Crippen LogP contribution in [-0.2, 0) is 0 Å². The Balaban J connectivity index is 2.06. The number of ketones is 1. The van der Waals surface area contributed by atoms with E-state index in [0.29, 0.717) is 18.5 Å². The van der Waals surface area contributed by atoms with Gasteiger partial charge in [-0.25, -0.2) is 0 Å². The molecule has 0 amide bonds.